The first-order chi connectivity index (χ1) is 25.2. The van der Waals surface area contributed by atoms with Gasteiger partial charge in [0.05, 0.1) is 52.0 Å². The van der Waals surface area contributed by atoms with Gasteiger partial charge in [-0.05, 0) is 82.6 Å². The van der Waals surface area contributed by atoms with Crippen molar-refractivity contribution in [2.75, 3.05) is 0 Å². The van der Waals surface area contributed by atoms with Crippen LogP contribution in [0.25, 0.3) is 88.1 Å². The van der Waals surface area contributed by atoms with Crippen molar-refractivity contribution >= 4 is 38.3 Å². The van der Waals surface area contributed by atoms with Crippen LogP contribution in [0.15, 0.2) is 152 Å². The van der Waals surface area contributed by atoms with Crippen LogP contribution in [0.4, 0.5) is 5.69 Å². The van der Waals surface area contributed by atoms with E-state index in [1.165, 1.54) is 5.39 Å². The lowest BCUT2D eigenvalue weighted by Crippen LogP contribution is -1.95. The summed E-state index contributed by atoms with van der Waals surface area (Å²) in [5.41, 5.74) is 11.2. The predicted octanol–water partition coefficient (Wildman–Crippen LogP) is 10.6. The van der Waals surface area contributed by atoms with Gasteiger partial charge in [-0.1, -0.05) is 66.7 Å². The normalized spacial score (nSPS) is 11.1. The maximum absolute atomic E-state index is 9.33. The van der Waals surface area contributed by atoms with E-state index in [-0.39, 0.29) is 0 Å². The van der Waals surface area contributed by atoms with Crippen molar-refractivity contribution in [1.82, 2.24) is 24.5 Å². The van der Waals surface area contributed by atoms with Crippen LogP contribution < -0.4 is 0 Å². The lowest BCUT2D eigenvalue weighted by Gasteiger charge is -2.12. The quantitative estimate of drug-likeness (QED) is 0.173. The van der Waals surface area contributed by atoms with Gasteiger partial charge in [-0.25, -0.2) is 4.85 Å². The number of fused-ring (bicyclic) bond motifs is 5. The summed E-state index contributed by atoms with van der Waals surface area (Å²) >= 11 is 0. The zero-order valence-corrected chi connectivity index (χ0v) is 27.1. The minimum atomic E-state index is 0.534. The highest BCUT2D eigenvalue weighted by molar-refractivity contribution is 6.24. The van der Waals surface area contributed by atoms with Crippen LogP contribution in [0.2, 0.25) is 0 Å². The van der Waals surface area contributed by atoms with Gasteiger partial charge in [0.25, 0.3) is 0 Å². The van der Waals surface area contributed by atoms with Gasteiger partial charge >= 0.3 is 0 Å². The van der Waals surface area contributed by atoms with Crippen LogP contribution >= 0.6 is 0 Å². The third-order valence-electron chi connectivity index (χ3n) is 9.24. The van der Waals surface area contributed by atoms with Crippen LogP contribution in [-0.4, -0.2) is 24.5 Å². The molecular weight excluding hydrogens is 627 g/mol. The molecule has 7 heteroatoms. The molecule has 0 saturated carbocycles. The van der Waals surface area contributed by atoms with Gasteiger partial charge in [0.2, 0.25) is 0 Å². The standard InChI is InChI=1S/C44H25N7/c1-46-32-18-20-48-41(23-32)39-16-13-31(27-50-39)37-24-43-44(35-10-6-5-9-34(35)37)36-14-11-29(22-42(36)51(43)33-7-3-2-4-8-33)30-12-15-38(49-26-30)40-21-28(25-45)17-19-47-40/h2-24,26-27H. The van der Waals surface area contributed by atoms with Crippen LogP contribution in [-0.2, 0) is 0 Å². The van der Waals surface area contributed by atoms with Crippen molar-refractivity contribution in [2.45, 2.75) is 0 Å². The predicted molar refractivity (Wildman–Crippen MR) is 202 cm³/mol. The molecule has 5 aromatic heterocycles. The number of nitriles is 1. The second-order valence-corrected chi connectivity index (χ2v) is 12.2. The molecule has 51 heavy (non-hydrogen) atoms. The van der Waals surface area contributed by atoms with Crippen LogP contribution in [0.1, 0.15) is 5.56 Å². The average molecular weight is 652 g/mol. The molecule has 4 aromatic carbocycles. The fourth-order valence-electron chi connectivity index (χ4n) is 6.84. The summed E-state index contributed by atoms with van der Waals surface area (Å²) in [6, 6.07) is 45.0. The van der Waals surface area contributed by atoms with E-state index in [1.807, 2.05) is 30.6 Å². The third-order valence-corrected chi connectivity index (χ3v) is 9.24. The SMILES string of the molecule is [C-]#[N+]c1ccnc(-c2ccc(-c3cc4c(c5ccccc35)c3ccc(-c5ccc(-c6cc(C#N)ccn6)nc5)cc3n4-c3ccccc3)cn2)c1. The Morgan fingerprint density at radius 3 is 1.96 bits per heavy atom. The number of benzene rings is 4. The lowest BCUT2D eigenvalue weighted by molar-refractivity contribution is 1.18. The van der Waals surface area contributed by atoms with Crippen molar-refractivity contribution in [3.8, 4) is 56.8 Å². The maximum atomic E-state index is 9.33. The molecule has 0 aliphatic heterocycles. The second kappa shape index (κ2) is 12.2. The fraction of sp³-hybridized carbons (Fsp3) is 0. The number of hydrogen-bond donors (Lipinski definition) is 0. The zero-order chi connectivity index (χ0) is 34.3. The maximum Gasteiger partial charge on any atom is 0.190 e. The molecule has 0 saturated heterocycles. The molecule has 0 N–H and O–H groups in total. The van der Waals surface area contributed by atoms with Crippen molar-refractivity contribution in [3.05, 3.63) is 169 Å². The number of aromatic nitrogens is 5. The molecule has 9 aromatic rings. The molecule has 0 bridgehead atoms. The lowest BCUT2D eigenvalue weighted by atomic mass is 9.95. The zero-order valence-electron chi connectivity index (χ0n) is 27.1. The van der Waals surface area contributed by atoms with Gasteiger partial charge in [0.15, 0.2) is 5.69 Å². The van der Waals surface area contributed by atoms with E-state index in [0.29, 0.717) is 28.3 Å². The van der Waals surface area contributed by atoms with E-state index in [0.717, 1.165) is 60.8 Å². The summed E-state index contributed by atoms with van der Waals surface area (Å²) in [5.74, 6) is 0. The largest absolute Gasteiger partial charge is 0.309 e. The van der Waals surface area contributed by atoms with Crippen LogP contribution in [0.3, 0.4) is 0 Å². The van der Waals surface area contributed by atoms with E-state index in [1.54, 1.807) is 36.7 Å². The van der Waals surface area contributed by atoms with Gasteiger partial charge in [0, 0.05) is 52.4 Å². The molecule has 0 unspecified atom stereocenters. The summed E-state index contributed by atoms with van der Waals surface area (Å²) in [6.07, 6.45) is 7.04. The first-order valence-corrected chi connectivity index (χ1v) is 16.4. The van der Waals surface area contributed by atoms with Crippen molar-refractivity contribution in [1.29, 1.82) is 5.26 Å². The topological polar surface area (TPSA) is 84.6 Å². The highest BCUT2D eigenvalue weighted by Crippen LogP contribution is 2.42. The highest BCUT2D eigenvalue weighted by atomic mass is 15.0. The Morgan fingerprint density at radius 1 is 0.549 bits per heavy atom. The molecule has 0 spiro atoms. The van der Waals surface area contributed by atoms with Crippen molar-refractivity contribution < 1.29 is 0 Å². The number of nitrogens with zero attached hydrogens (tertiary/aromatic N) is 7. The van der Waals surface area contributed by atoms with E-state index in [2.05, 4.69) is 110 Å². The van der Waals surface area contributed by atoms with Gasteiger partial charge < -0.3 is 4.57 Å². The number of pyridine rings is 4. The molecular formula is C44H25N7. The highest BCUT2D eigenvalue weighted by Gasteiger charge is 2.19. The molecule has 5 heterocycles. The van der Waals surface area contributed by atoms with Gasteiger partial charge in [0.1, 0.15) is 0 Å². The van der Waals surface area contributed by atoms with Crippen molar-refractivity contribution in [2.24, 2.45) is 0 Å². The smallest absolute Gasteiger partial charge is 0.190 e. The van der Waals surface area contributed by atoms with E-state index < -0.39 is 0 Å². The van der Waals surface area contributed by atoms with Gasteiger partial charge in [-0.3, -0.25) is 19.9 Å². The second-order valence-electron chi connectivity index (χ2n) is 12.2. The molecule has 0 atom stereocenters. The molecule has 236 valence electrons. The Morgan fingerprint density at radius 2 is 1.24 bits per heavy atom. The summed E-state index contributed by atoms with van der Waals surface area (Å²) < 4.78 is 2.34. The van der Waals surface area contributed by atoms with Gasteiger partial charge in [-0.2, -0.15) is 5.26 Å². The van der Waals surface area contributed by atoms with E-state index in [4.69, 9.17) is 16.5 Å². The van der Waals surface area contributed by atoms with E-state index >= 15 is 0 Å². The number of rotatable bonds is 5. The minimum absolute atomic E-state index is 0.534. The molecule has 0 aliphatic carbocycles. The Kier molecular flexibility index (Phi) is 7.09. The van der Waals surface area contributed by atoms with Gasteiger partial charge in [-0.15, -0.1) is 0 Å². The Hall–Kier alpha value is -7.48. The summed E-state index contributed by atoms with van der Waals surface area (Å²) in [7, 11) is 0. The molecule has 0 fully saturated rings. The van der Waals surface area contributed by atoms with Crippen LogP contribution in [0.5, 0.6) is 0 Å². The molecule has 7 nitrogen and oxygen atoms in total. The summed E-state index contributed by atoms with van der Waals surface area (Å²) in [4.78, 5) is 21.9. The fourth-order valence-corrected chi connectivity index (χ4v) is 6.84. The Balaban J connectivity index is 1.22. The molecule has 9 rings (SSSR count). The monoisotopic (exact) mass is 651 g/mol. The average Bonchev–Trinajstić information content (AvgIpc) is 3.54. The Labute approximate surface area is 293 Å². The van der Waals surface area contributed by atoms with Crippen LogP contribution in [0, 0.1) is 17.9 Å². The van der Waals surface area contributed by atoms with E-state index in [9.17, 15) is 5.26 Å². The summed E-state index contributed by atoms with van der Waals surface area (Å²) in [6.45, 7) is 7.38. The van der Waals surface area contributed by atoms with Crippen molar-refractivity contribution in [3.63, 3.8) is 0 Å². The Bertz CT molecular complexity index is 2860. The molecule has 0 radical (unpaired) electrons. The summed E-state index contributed by atoms with van der Waals surface area (Å²) in [5, 5.41) is 14.0. The minimum Gasteiger partial charge on any atom is -0.309 e. The number of para-hydroxylation sites is 1. The third kappa shape index (κ3) is 5.14. The first-order valence-electron chi connectivity index (χ1n) is 16.4. The number of hydrogen-bond acceptors (Lipinski definition) is 5. The molecule has 0 aliphatic rings. The first kappa shape index (κ1) is 29.6. The molecule has 0 amide bonds.